The molecule has 23 heavy (non-hydrogen) atoms. The molecule has 0 radical (unpaired) electrons. The Labute approximate surface area is 137 Å². The number of hydrogen-bond acceptors (Lipinski definition) is 6. The van der Waals surface area contributed by atoms with Crippen molar-refractivity contribution in [1.29, 1.82) is 0 Å². The third-order valence-corrected chi connectivity index (χ3v) is 4.10. The molecule has 9 heteroatoms. The molecule has 0 aliphatic rings. The summed E-state index contributed by atoms with van der Waals surface area (Å²) in [6, 6.07) is 0.924. The van der Waals surface area contributed by atoms with Crippen molar-refractivity contribution in [2.75, 3.05) is 18.5 Å². The molecule has 1 heterocycles. The molecular formula is C14H20N2O6S. The first-order chi connectivity index (χ1) is 10.7. The monoisotopic (exact) mass is 344 g/mol. The van der Waals surface area contributed by atoms with E-state index in [0.717, 1.165) is 11.8 Å². The summed E-state index contributed by atoms with van der Waals surface area (Å²) in [5.74, 6) is -1.99. The molecule has 0 bridgehead atoms. The Balaban J connectivity index is 2.79. The van der Waals surface area contributed by atoms with Crippen molar-refractivity contribution in [2.45, 2.75) is 32.8 Å². The molecule has 0 saturated heterocycles. The molecule has 4 N–H and O–H groups in total. The minimum absolute atomic E-state index is 0.212. The maximum absolute atomic E-state index is 11.9. The second-order valence-electron chi connectivity index (χ2n) is 4.92. The van der Waals surface area contributed by atoms with Crippen LogP contribution in [0, 0.1) is 0 Å². The molecule has 2 amide bonds. The van der Waals surface area contributed by atoms with Crippen molar-refractivity contribution >= 4 is 34.3 Å². The van der Waals surface area contributed by atoms with Crippen molar-refractivity contribution in [3.63, 3.8) is 0 Å². The minimum Gasteiger partial charge on any atom is -0.479 e. The van der Waals surface area contributed by atoms with Crippen LogP contribution in [0.15, 0.2) is 6.07 Å². The first-order valence-electron chi connectivity index (χ1n) is 7.01. The second kappa shape index (κ2) is 7.93. The molecule has 0 aliphatic carbocycles. The smallest absolute Gasteiger partial charge is 0.341 e. The molecule has 1 aromatic rings. The van der Waals surface area contributed by atoms with Gasteiger partial charge in [0.15, 0.2) is 5.60 Å². The van der Waals surface area contributed by atoms with E-state index in [9.17, 15) is 19.5 Å². The van der Waals surface area contributed by atoms with Crippen molar-refractivity contribution < 1.29 is 29.3 Å². The van der Waals surface area contributed by atoms with Gasteiger partial charge < -0.3 is 20.3 Å². The third kappa shape index (κ3) is 5.22. The lowest BCUT2D eigenvalue weighted by Gasteiger charge is -2.18. The Morgan fingerprint density at radius 2 is 2.00 bits per heavy atom. The van der Waals surface area contributed by atoms with Gasteiger partial charge in [0.25, 0.3) is 0 Å². The van der Waals surface area contributed by atoms with Gasteiger partial charge in [-0.05, 0) is 26.3 Å². The van der Waals surface area contributed by atoms with Gasteiger partial charge in [-0.25, -0.2) is 14.4 Å². The highest BCUT2D eigenvalue weighted by atomic mass is 32.1. The summed E-state index contributed by atoms with van der Waals surface area (Å²) < 4.78 is 4.93. The van der Waals surface area contributed by atoms with Crippen LogP contribution in [0.25, 0.3) is 0 Å². The quantitative estimate of drug-likeness (QED) is 0.555. The number of aliphatic carboxylic acids is 1. The number of carboxylic acids is 1. The Bertz CT molecular complexity index is 596. The summed E-state index contributed by atoms with van der Waals surface area (Å²) in [4.78, 5) is 35.4. The van der Waals surface area contributed by atoms with E-state index < -0.39 is 30.1 Å². The SMILES string of the molecule is CCOC(=O)c1cc(CC)sc1NC(=O)NCC(C)(O)C(=O)O. The van der Waals surface area contributed by atoms with E-state index in [4.69, 9.17) is 9.84 Å². The van der Waals surface area contributed by atoms with E-state index in [1.54, 1.807) is 13.0 Å². The summed E-state index contributed by atoms with van der Waals surface area (Å²) in [7, 11) is 0. The Morgan fingerprint density at radius 3 is 2.52 bits per heavy atom. The van der Waals surface area contributed by atoms with Gasteiger partial charge in [-0.2, -0.15) is 0 Å². The lowest BCUT2D eigenvalue weighted by molar-refractivity contribution is -0.155. The number of urea groups is 1. The van der Waals surface area contributed by atoms with Crippen molar-refractivity contribution in [3.8, 4) is 0 Å². The van der Waals surface area contributed by atoms with E-state index >= 15 is 0 Å². The average molecular weight is 344 g/mol. The van der Waals surface area contributed by atoms with Crippen molar-refractivity contribution in [2.24, 2.45) is 0 Å². The zero-order chi connectivity index (χ0) is 17.6. The van der Waals surface area contributed by atoms with Crippen LogP contribution in [0.1, 0.15) is 36.0 Å². The summed E-state index contributed by atoms with van der Waals surface area (Å²) in [6.07, 6.45) is 0.689. The number of anilines is 1. The number of aryl methyl sites for hydroxylation is 1. The van der Waals surface area contributed by atoms with E-state index in [0.29, 0.717) is 11.4 Å². The van der Waals surface area contributed by atoms with Crippen molar-refractivity contribution in [1.82, 2.24) is 5.32 Å². The second-order valence-corrected chi connectivity index (χ2v) is 6.05. The van der Waals surface area contributed by atoms with Gasteiger partial charge in [-0.3, -0.25) is 5.32 Å². The van der Waals surface area contributed by atoms with Crippen LogP contribution >= 0.6 is 11.3 Å². The van der Waals surface area contributed by atoms with Crippen LogP contribution in [-0.2, 0) is 16.0 Å². The molecule has 1 rings (SSSR count). The number of carbonyl (C=O) groups excluding carboxylic acids is 2. The highest BCUT2D eigenvalue weighted by Gasteiger charge is 2.30. The highest BCUT2D eigenvalue weighted by molar-refractivity contribution is 7.16. The number of hydrogen-bond donors (Lipinski definition) is 4. The van der Waals surface area contributed by atoms with Crippen LogP contribution in [0.3, 0.4) is 0 Å². The van der Waals surface area contributed by atoms with E-state index in [1.165, 1.54) is 11.3 Å². The van der Waals surface area contributed by atoms with Gasteiger partial charge >= 0.3 is 18.0 Å². The minimum atomic E-state index is -2.08. The number of carboxylic acid groups (broad SMARTS) is 1. The summed E-state index contributed by atoms with van der Waals surface area (Å²) in [6.45, 7) is 4.39. The summed E-state index contributed by atoms with van der Waals surface area (Å²) in [5, 5.41) is 23.4. The van der Waals surface area contributed by atoms with Gasteiger partial charge in [0, 0.05) is 4.88 Å². The fourth-order valence-electron chi connectivity index (χ4n) is 1.54. The topological polar surface area (TPSA) is 125 Å². The number of amides is 2. The van der Waals surface area contributed by atoms with E-state index in [2.05, 4.69) is 10.6 Å². The maximum atomic E-state index is 11.9. The van der Waals surface area contributed by atoms with Crippen LogP contribution in [0.4, 0.5) is 9.80 Å². The van der Waals surface area contributed by atoms with Crippen LogP contribution in [0.5, 0.6) is 0 Å². The maximum Gasteiger partial charge on any atom is 0.341 e. The van der Waals surface area contributed by atoms with Crippen LogP contribution in [0.2, 0.25) is 0 Å². The molecule has 0 fully saturated rings. The molecule has 8 nitrogen and oxygen atoms in total. The molecule has 1 unspecified atom stereocenters. The van der Waals surface area contributed by atoms with Gasteiger partial charge in [0.05, 0.1) is 18.7 Å². The third-order valence-electron chi connectivity index (χ3n) is 2.91. The summed E-state index contributed by atoms with van der Waals surface area (Å²) in [5.41, 5.74) is -1.83. The molecule has 0 aliphatic heterocycles. The van der Waals surface area contributed by atoms with Gasteiger partial charge in [0.2, 0.25) is 0 Å². The highest BCUT2D eigenvalue weighted by Crippen LogP contribution is 2.29. The molecule has 1 atom stereocenters. The normalized spacial score (nSPS) is 13.0. The first-order valence-corrected chi connectivity index (χ1v) is 7.83. The summed E-state index contributed by atoms with van der Waals surface area (Å²) >= 11 is 1.23. The largest absolute Gasteiger partial charge is 0.479 e. The number of carbonyl (C=O) groups is 3. The van der Waals surface area contributed by atoms with Gasteiger partial charge in [-0.15, -0.1) is 11.3 Å². The standard InChI is InChI=1S/C14H20N2O6S/c1-4-8-6-9(11(17)22-5-2)10(23-8)16-13(20)15-7-14(3,21)12(18)19/h6,21H,4-5,7H2,1-3H3,(H,18,19)(H2,15,16,20). The number of esters is 1. The Kier molecular flexibility index (Phi) is 6.52. The number of rotatable bonds is 7. The van der Waals surface area contributed by atoms with Crippen LogP contribution in [-0.4, -0.2) is 46.9 Å². The predicted molar refractivity (Wildman–Crippen MR) is 84.9 cm³/mol. The molecule has 0 spiro atoms. The molecule has 0 saturated carbocycles. The fraction of sp³-hybridized carbons (Fsp3) is 0.500. The lowest BCUT2D eigenvalue weighted by Crippen LogP contribution is -2.47. The Morgan fingerprint density at radius 1 is 1.35 bits per heavy atom. The molecule has 1 aromatic heterocycles. The first kappa shape index (κ1) is 18.9. The molecule has 0 aromatic carbocycles. The van der Waals surface area contributed by atoms with Crippen LogP contribution < -0.4 is 10.6 Å². The Hall–Kier alpha value is -2.13. The van der Waals surface area contributed by atoms with Gasteiger partial charge in [0.1, 0.15) is 5.00 Å². The van der Waals surface area contributed by atoms with Crippen molar-refractivity contribution in [3.05, 3.63) is 16.5 Å². The molecular weight excluding hydrogens is 324 g/mol. The number of aliphatic hydroxyl groups is 1. The predicted octanol–water partition coefficient (Wildman–Crippen LogP) is 1.44. The average Bonchev–Trinajstić information content (AvgIpc) is 2.88. The number of nitrogens with one attached hydrogen (secondary N) is 2. The number of ether oxygens (including phenoxy) is 1. The fourth-order valence-corrected chi connectivity index (χ4v) is 2.52. The zero-order valence-electron chi connectivity index (χ0n) is 13.1. The lowest BCUT2D eigenvalue weighted by atomic mass is 10.1. The molecule has 128 valence electrons. The number of thiophene rings is 1. The van der Waals surface area contributed by atoms with Gasteiger partial charge in [-0.1, -0.05) is 6.92 Å². The van der Waals surface area contributed by atoms with E-state index in [-0.39, 0.29) is 12.2 Å². The zero-order valence-corrected chi connectivity index (χ0v) is 14.0. The van der Waals surface area contributed by atoms with E-state index in [1.807, 2.05) is 6.92 Å².